The number of ether oxygens (including phenoxy) is 1. The van der Waals surface area contributed by atoms with Crippen LogP contribution >= 0.6 is 0 Å². The zero-order valence-corrected chi connectivity index (χ0v) is 34.4. The Morgan fingerprint density at radius 1 is 0.270 bits per heavy atom. The highest BCUT2D eigenvalue weighted by atomic mass is 16.5. The Bertz CT molecular complexity index is 3370. The number of nitrogens with zero attached hydrogens (tertiary/aromatic N) is 2. The Morgan fingerprint density at radius 3 is 1.49 bits per heavy atom. The first-order valence-electron chi connectivity index (χ1n) is 21.5. The Balaban J connectivity index is 0.970. The minimum atomic E-state index is 0.835. The van der Waals surface area contributed by atoms with Crippen molar-refractivity contribution < 1.29 is 4.74 Å². The molecule has 0 saturated carbocycles. The van der Waals surface area contributed by atoms with Gasteiger partial charge in [-0.1, -0.05) is 158 Å². The molecule has 0 atom stereocenters. The second kappa shape index (κ2) is 15.3. The lowest BCUT2D eigenvalue weighted by molar-refractivity contribution is 0.487. The highest BCUT2D eigenvalue weighted by Crippen LogP contribution is 2.51. The zero-order valence-electron chi connectivity index (χ0n) is 34.4. The van der Waals surface area contributed by atoms with E-state index in [1.54, 1.807) is 0 Å². The molecular formula is C60H40N2O. The van der Waals surface area contributed by atoms with Crippen LogP contribution in [0.4, 0.5) is 34.1 Å². The van der Waals surface area contributed by atoms with E-state index in [1.165, 1.54) is 54.7 Å². The van der Waals surface area contributed by atoms with Gasteiger partial charge in [0, 0.05) is 50.8 Å². The van der Waals surface area contributed by atoms with E-state index in [1.807, 2.05) is 0 Å². The topological polar surface area (TPSA) is 15.7 Å². The summed E-state index contributed by atoms with van der Waals surface area (Å²) in [7, 11) is 0. The van der Waals surface area contributed by atoms with Gasteiger partial charge in [-0.15, -0.1) is 0 Å². The van der Waals surface area contributed by atoms with Gasteiger partial charge in [0.2, 0.25) is 0 Å². The fourth-order valence-corrected chi connectivity index (χ4v) is 9.40. The van der Waals surface area contributed by atoms with Gasteiger partial charge in [-0.25, -0.2) is 0 Å². The number of anilines is 6. The maximum atomic E-state index is 6.94. The minimum absolute atomic E-state index is 0.835. The Morgan fingerprint density at radius 2 is 0.794 bits per heavy atom. The summed E-state index contributed by atoms with van der Waals surface area (Å²) in [6, 6.07) is 86.9. The number of fused-ring (bicyclic) bond motifs is 5. The van der Waals surface area contributed by atoms with Crippen molar-refractivity contribution in [1.29, 1.82) is 0 Å². The van der Waals surface area contributed by atoms with Crippen molar-refractivity contribution in [1.82, 2.24) is 0 Å². The van der Waals surface area contributed by atoms with Gasteiger partial charge in [-0.2, -0.15) is 0 Å². The van der Waals surface area contributed by atoms with E-state index in [0.717, 1.165) is 56.6 Å². The number of rotatable bonds is 8. The summed E-state index contributed by atoms with van der Waals surface area (Å²) in [5.41, 5.74) is 13.5. The van der Waals surface area contributed by atoms with Crippen molar-refractivity contribution in [2.24, 2.45) is 0 Å². The fraction of sp³-hybridized carbons (Fsp3) is 0. The maximum Gasteiger partial charge on any atom is 0.137 e. The normalized spacial score (nSPS) is 11.6. The molecule has 0 aliphatic carbocycles. The van der Waals surface area contributed by atoms with Gasteiger partial charge >= 0.3 is 0 Å². The van der Waals surface area contributed by atoms with Crippen LogP contribution in [0.5, 0.6) is 11.5 Å². The standard InChI is InChI=1S/C60H40N2O/c1-4-14-41(15-5-1)43-26-31-48(32-27-43)61(49-33-28-44(29-34-49)42-16-6-2-7-17-42)51-36-37-53-56-38-46-30-35-50(39-55(46)54-23-13-25-58(60(54)56)63-59(53)40-51)62(47-20-8-3-9-21-47)57-24-12-19-45-18-10-11-22-52(45)57/h1-40H. The molecule has 0 amide bonds. The highest BCUT2D eigenvalue weighted by Gasteiger charge is 2.25. The average Bonchev–Trinajstić information content (AvgIpc) is 3.36. The zero-order chi connectivity index (χ0) is 41.7. The van der Waals surface area contributed by atoms with Crippen LogP contribution in [0, 0.1) is 0 Å². The van der Waals surface area contributed by atoms with Crippen molar-refractivity contribution in [2.45, 2.75) is 0 Å². The Kier molecular flexibility index (Phi) is 8.83. The number of hydrogen-bond donors (Lipinski definition) is 0. The summed E-state index contributed by atoms with van der Waals surface area (Å²) in [5.74, 6) is 1.70. The van der Waals surface area contributed by atoms with E-state index >= 15 is 0 Å². The summed E-state index contributed by atoms with van der Waals surface area (Å²) in [6.07, 6.45) is 0. The predicted molar refractivity (Wildman–Crippen MR) is 265 cm³/mol. The molecule has 0 spiro atoms. The SMILES string of the molecule is c1ccc(-c2ccc(N(c3ccc(-c4ccccc4)cc3)c3ccc4c(c3)Oc3cccc5c3c-4cc3ccc(N(c4ccccc4)c4cccc6ccccc46)cc35)cc2)cc1. The molecule has 1 aliphatic rings. The Labute approximate surface area is 367 Å². The van der Waals surface area contributed by atoms with Crippen LogP contribution in [0.2, 0.25) is 0 Å². The van der Waals surface area contributed by atoms with Crippen molar-refractivity contribution >= 4 is 66.4 Å². The third kappa shape index (κ3) is 6.46. The third-order valence-corrected chi connectivity index (χ3v) is 12.4. The first-order chi connectivity index (χ1) is 31.2. The fourth-order valence-electron chi connectivity index (χ4n) is 9.40. The molecule has 3 nitrogen and oxygen atoms in total. The minimum Gasteiger partial charge on any atom is -0.456 e. The summed E-state index contributed by atoms with van der Waals surface area (Å²) < 4.78 is 6.94. The van der Waals surface area contributed by atoms with Gasteiger partial charge in [-0.3, -0.25) is 0 Å². The molecule has 0 unspecified atom stereocenters. The predicted octanol–water partition coefficient (Wildman–Crippen LogP) is 17.2. The molecule has 0 bridgehead atoms. The molecule has 1 heterocycles. The van der Waals surface area contributed by atoms with E-state index in [0.29, 0.717) is 0 Å². The average molecular weight is 805 g/mol. The van der Waals surface area contributed by atoms with Crippen LogP contribution in [-0.2, 0) is 0 Å². The summed E-state index contributed by atoms with van der Waals surface area (Å²) in [4.78, 5) is 4.69. The molecule has 0 aromatic heterocycles. The quantitative estimate of drug-likeness (QED) is 0.142. The molecule has 1 aliphatic heterocycles. The van der Waals surface area contributed by atoms with Gasteiger partial charge in [0.1, 0.15) is 11.5 Å². The van der Waals surface area contributed by atoms with Crippen LogP contribution in [0.3, 0.4) is 0 Å². The lowest BCUT2D eigenvalue weighted by atomic mass is 9.90. The van der Waals surface area contributed by atoms with Gasteiger partial charge < -0.3 is 14.5 Å². The lowest BCUT2D eigenvalue weighted by Crippen LogP contribution is -2.11. The van der Waals surface area contributed by atoms with Crippen LogP contribution in [0.25, 0.3) is 65.7 Å². The molecule has 3 heteroatoms. The van der Waals surface area contributed by atoms with Gasteiger partial charge in [-0.05, 0) is 128 Å². The maximum absolute atomic E-state index is 6.94. The van der Waals surface area contributed by atoms with Crippen molar-refractivity contribution in [2.75, 3.05) is 9.80 Å². The van der Waals surface area contributed by atoms with Crippen molar-refractivity contribution in [3.63, 3.8) is 0 Å². The molecule has 296 valence electrons. The van der Waals surface area contributed by atoms with E-state index in [4.69, 9.17) is 4.74 Å². The second-order valence-electron chi connectivity index (χ2n) is 16.1. The van der Waals surface area contributed by atoms with E-state index in [-0.39, 0.29) is 0 Å². The van der Waals surface area contributed by atoms with Crippen LogP contribution < -0.4 is 14.5 Å². The molecule has 63 heavy (non-hydrogen) atoms. The monoisotopic (exact) mass is 804 g/mol. The second-order valence-corrected chi connectivity index (χ2v) is 16.1. The van der Waals surface area contributed by atoms with Gasteiger partial charge in [0.05, 0.1) is 5.69 Å². The first-order valence-corrected chi connectivity index (χ1v) is 21.5. The van der Waals surface area contributed by atoms with Crippen molar-refractivity contribution in [3.05, 3.63) is 243 Å². The van der Waals surface area contributed by atoms with Crippen LogP contribution in [-0.4, -0.2) is 0 Å². The van der Waals surface area contributed by atoms with Crippen molar-refractivity contribution in [3.8, 4) is 44.9 Å². The van der Waals surface area contributed by atoms with E-state index in [2.05, 4.69) is 252 Å². The van der Waals surface area contributed by atoms with Gasteiger partial charge in [0.25, 0.3) is 0 Å². The lowest BCUT2D eigenvalue weighted by Gasteiger charge is -2.29. The molecule has 12 rings (SSSR count). The molecule has 0 saturated heterocycles. The molecule has 11 aromatic carbocycles. The molecule has 11 aromatic rings. The van der Waals surface area contributed by atoms with Gasteiger partial charge in [0.15, 0.2) is 0 Å². The smallest absolute Gasteiger partial charge is 0.137 e. The summed E-state index contributed by atoms with van der Waals surface area (Å²) in [5, 5.41) is 7.08. The Hall–Kier alpha value is -8.40. The van der Waals surface area contributed by atoms with Crippen LogP contribution in [0.15, 0.2) is 243 Å². The van der Waals surface area contributed by atoms with E-state index < -0.39 is 0 Å². The number of hydrogen-bond acceptors (Lipinski definition) is 3. The summed E-state index contributed by atoms with van der Waals surface area (Å²) >= 11 is 0. The largest absolute Gasteiger partial charge is 0.456 e. The number of para-hydroxylation sites is 1. The van der Waals surface area contributed by atoms with Crippen LogP contribution in [0.1, 0.15) is 0 Å². The molecular weight excluding hydrogens is 765 g/mol. The summed E-state index contributed by atoms with van der Waals surface area (Å²) in [6.45, 7) is 0. The molecule has 0 N–H and O–H groups in total. The molecule has 0 fully saturated rings. The molecule has 0 radical (unpaired) electrons. The highest BCUT2D eigenvalue weighted by molar-refractivity contribution is 6.18. The first kappa shape index (κ1) is 36.5. The number of benzene rings is 11. The third-order valence-electron chi connectivity index (χ3n) is 12.4. The van der Waals surface area contributed by atoms with E-state index in [9.17, 15) is 0 Å².